The topological polar surface area (TPSA) is 74.6 Å². The summed E-state index contributed by atoms with van der Waals surface area (Å²) in [5.41, 5.74) is 4.27. The fraction of sp³-hybridized carbons (Fsp3) is 0.0714. The Kier molecular flexibility index (Phi) is 3.87. The molecule has 0 saturated carbocycles. The second kappa shape index (κ2) is 5.77. The minimum Gasteiger partial charge on any atom is -0.508 e. The largest absolute Gasteiger partial charge is 0.508 e. The van der Waals surface area contributed by atoms with Crippen LogP contribution in [0.25, 0.3) is 0 Å². The van der Waals surface area contributed by atoms with E-state index in [0.717, 1.165) is 5.56 Å². The summed E-state index contributed by atoms with van der Waals surface area (Å²) in [6.45, 7) is 1.78. The van der Waals surface area contributed by atoms with E-state index in [1.165, 1.54) is 12.1 Å². The molecule has 2 N–H and O–H groups in total. The number of aromatic hydroxyl groups is 1. The average Bonchev–Trinajstić information content (AvgIpc) is 2.45. The van der Waals surface area contributed by atoms with E-state index in [0.29, 0.717) is 11.3 Å². The molecule has 0 spiro atoms. The first-order valence-electron chi connectivity index (χ1n) is 5.71. The Morgan fingerprint density at radius 1 is 1.26 bits per heavy atom. The van der Waals surface area contributed by atoms with Gasteiger partial charge in [-0.05, 0) is 31.2 Å². The van der Waals surface area contributed by atoms with Crippen molar-refractivity contribution in [2.75, 3.05) is 0 Å². The summed E-state index contributed by atoms with van der Waals surface area (Å²) >= 11 is 0. The minimum atomic E-state index is -0.376. The number of hydrazone groups is 1. The molecule has 0 aliphatic carbocycles. The zero-order valence-electron chi connectivity index (χ0n) is 10.4. The van der Waals surface area contributed by atoms with Crippen molar-refractivity contribution in [2.24, 2.45) is 5.10 Å². The molecule has 1 heterocycles. The second-order valence-electron chi connectivity index (χ2n) is 3.93. The molecular formula is C14H13N3O2. The minimum absolute atomic E-state index is 0.0422. The van der Waals surface area contributed by atoms with Crippen LogP contribution < -0.4 is 5.43 Å². The number of nitrogens with zero attached hydrogens (tertiary/aromatic N) is 2. The number of hydrogen-bond donors (Lipinski definition) is 2. The fourth-order valence-corrected chi connectivity index (χ4v) is 1.49. The number of aromatic nitrogens is 1. The van der Waals surface area contributed by atoms with Gasteiger partial charge in [-0.1, -0.05) is 12.1 Å². The molecule has 1 aromatic heterocycles. The summed E-state index contributed by atoms with van der Waals surface area (Å²) in [6, 6.07) is 9.73. The number of pyridine rings is 1. The number of carbonyl (C=O) groups excluding carboxylic acids is 1. The van der Waals surface area contributed by atoms with Crippen molar-refractivity contribution in [1.82, 2.24) is 10.4 Å². The Hall–Kier alpha value is -2.69. The van der Waals surface area contributed by atoms with Gasteiger partial charge >= 0.3 is 0 Å². The monoisotopic (exact) mass is 255 g/mol. The maximum atomic E-state index is 11.8. The van der Waals surface area contributed by atoms with Gasteiger partial charge in [-0.3, -0.25) is 9.78 Å². The summed E-state index contributed by atoms with van der Waals surface area (Å²) < 4.78 is 0. The Morgan fingerprint density at radius 2 is 2.05 bits per heavy atom. The average molecular weight is 255 g/mol. The molecule has 0 unspecified atom stereocenters. The first-order valence-corrected chi connectivity index (χ1v) is 5.71. The summed E-state index contributed by atoms with van der Waals surface area (Å²) in [5.74, 6) is -0.334. The van der Waals surface area contributed by atoms with Gasteiger partial charge in [0.05, 0.1) is 5.71 Å². The zero-order chi connectivity index (χ0) is 13.7. The maximum absolute atomic E-state index is 11.8. The molecule has 0 atom stereocenters. The van der Waals surface area contributed by atoms with Gasteiger partial charge in [0, 0.05) is 23.5 Å². The van der Waals surface area contributed by atoms with Gasteiger partial charge < -0.3 is 5.11 Å². The second-order valence-corrected chi connectivity index (χ2v) is 3.93. The third-order valence-corrected chi connectivity index (χ3v) is 2.51. The molecule has 2 aromatic rings. The Labute approximate surface area is 110 Å². The van der Waals surface area contributed by atoms with Crippen LogP contribution in [-0.2, 0) is 0 Å². The van der Waals surface area contributed by atoms with Gasteiger partial charge in [-0.2, -0.15) is 5.10 Å². The highest BCUT2D eigenvalue weighted by molar-refractivity contribution is 6.00. The number of nitrogens with one attached hydrogen (secondary N) is 1. The molecule has 5 heteroatoms. The molecule has 0 radical (unpaired) electrons. The molecule has 1 amide bonds. The number of phenols is 1. The van der Waals surface area contributed by atoms with E-state index in [2.05, 4.69) is 15.5 Å². The maximum Gasteiger partial charge on any atom is 0.271 e. The Morgan fingerprint density at radius 3 is 2.74 bits per heavy atom. The first kappa shape index (κ1) is 12.8. The van der Waals surface area contributed by atoms with E-state index in [1.54, 1.807) is 37.5 Å². The molecule has 2 rings (SSSR count). The normalized spacial score (nSPS) is 11.1. The van der Waals surface area contributed by atoms with Gasteiger partial charge in [0.2, 0.25) is 0 Å². The SMILES string of the molecule is C/C(=N/NC(=O)c1cccc(O)c1)c1cccnc1. The highest BCUT2D eigenvalue weighted by atomic mass is 16.3. The molecule has 0 fully saturated rings. The number of hydrogen-bond acceptors (Lipinski definition) is 4. The lowest BCUT2D eigenvalue weighted by molar-refractivity contribution is 0.0954. The van der Waals surface area contributed by atoms with Crippen LogP contribution in [0.5, 0.6) is 5.75 Å². The number of rotatable bonds is 3. The lowest BCUT2D eigenvalue weighted by atomic mass is 10.2. The number of phenolic OH excluding ortho intramolecular Hbond substituents is 1. The fourth-order valence-electron chi connectivity index (χ4n) is 1.49. The van der Waals surface area contributed by atoms with Gasteiger partial charge in [-0.15, -0.1) is 0 Å². The van der Waals surface area contributed by atoms with Crippen LogP contribution in [0.3, 0.4) is 0 Å². The molecule has 19 heavy (non-hydrogen) atoms. The molecule has 0 aliphatic rings. The zero-order valence-corrected chi connectivity index (χ0v) is 10.4. The predicted octanol–water partition coefficient (Wildman–Crippen LogP) is 1.94. The van der Waals surface area contributed by atoms with Crippen molar-refractivity contribution in [3.8, 4) is 5.75 Å². The van der Waals surface area contributed by atoms with Crippen molar-refractivity contribution in [3.05, 3.63) is 59.9 Å². The number of amides is 1. The lowest BCUT2D eigenvalue weighted by Crippen LogP contribution is -2.19. The number of benzene rings is 1. The van der Waals surface area contributed by atoms with Crippen molar-refractivity contribution in [3.63, 3.8) is 0 Å². The molecule has 1 aromatic carbocycles. The highest BCUT2D eigenvalue weighted by Gasteiger charge is 2.05. The van der Waals surface area contributed by atoms with E-state index in [9.17, 15) is 9.90 Å². The van der Waals surface area contributed by atoms with Crippen LogP contribution in [0, 0.1) is 0 Å². The molecule has 0 bridgehead atoms. The van der Waals surface area contributed by atoms with E-state index >= 15 is 0 Å². The standard InChI is InChI=1S/C14H13N3O2/c1-10(12-5-3-7-15-9-12)16-17-14(19)11-4-2-6-13(18)8-11/h2-9,18H,1H3,(H,17,19)/b16-10-. The van der Waals surface area contributed by atoms with Crippen LogP contribution in [0.4, 0.5) is 0 Å². The smallest absolute Gasteiger partial charge is 0.271 e. The van der Waals surface area contributed by atoms with Gasteiger partial charge in [-0.25, -0.2) is 5.43 Å². The highest BCUT2D eigenvalue weighted by Crippen LogP contribution is 2.10. The van der Waals surface area contributed by atoms with Gasteiger partial charge in [0.1, 0.15) is 5.75 Å². The third kappa shape index (κ3) is 3.38. The van der Waals surface area contributed by atoms with Crippen molar-refractivity contribution >= 4 is 11.6 Å². The van der Waals surface area contributed by atoms with E-state index < -0.39 is 0 Å². The van der Waals surface area contributed by atoms with Crippen molar-refractivity contribution < 1.29 is 9.90 Å². The quantitative estimate of drug-likeness (QED) is 0.650. The van der Waals surface area contributed by atoms with Gasteiger partial charge in [0.25, 0.3) is 5.91 Å². The Bertz CT molecular complexity index is 609. The molecule has 96 valence electrons. The van der Waals surface area contributed by atoms with E-state index in [1.807, 2.05) is 6.07 Å². The predicted molar refractivity (Wildman–Crippen MR) is 72.0 cm³/mol. The van der Waals surface area contributed by atoms with Crippen LogP contribution in [-0.4, -0.2) is 21.7 Å². The van der Waals surface area contributed by atoms with Crippen molar-refractivity contribution in [2.45, 2.75) is 6.92 Å². The molecule has 0 aliphatic heterocycles. The summed E-state index contributed by atoms with van der Waals surface area (Å²) in [4.78, 5) is 15.8. The molecule has 0 saturated heterocycles. The van der Waals surface area contributed by atoms with E-state index in [-0.39, 0.29) is 11.7 Å². The van der Waals surface area contributed by atoms with E-state index in [4.69, 9.17) is 0 Å². The van der Waals surface area contributed by atoms with Gasteiger partial charge in [0.15, 0.2) is 0 Å². The first-order chi connectivity index (χ1) is 9.16. The molecular weight excluding hydrogens is 242 g/mol. The van der Waals surface area contributed by atoms with Crippen LogP contribution in [0.1, 0.15) is 22.8 Å². The summed E-state index contributed by atoms with van der Waals surface area (Å²) in [6.07, 6.45) is 3.33. The van der Waals surface area contributed by atoms with Crippen LogP contribution in [0.2, 0.25) is 0 Å². The summed E-state index contributed by atoms with van der Waals surface area (Å²) in [7, 11) is 0. The Balaban J connectivity index is 2.08. The van der Waals surface area contributed by atoms with Crippen LogP contribution in [0.15, 0.2) is 53.9 Å². The summed E-state index contributed by atoms with van der Waals surface area (Å²) in [5, 5.41) is 13.3. The van der Waals surface area contributed by atoms with Crippen LogP contribution >= 0.6 is 0 Å². The third-order valence-electron chi connectivity index (χ3n) is 2.51. The molecule has 5 nitrogen and oxygen atoms in total. The number of carbonyl (C=O) groups is 1. The lowest BCUT2D eigenvalue weighted by Gasteiger charge is -2.03. The van der Waals surface area contributed by atoms with Crippen molar-refractivity contribution in [1.29, 1.82) is 0 Å².